The molecule has 2 aliphatic heterocycles. The van der Waals surface area contributed by atoms with E-state index in [1.54, 1.807) is 28.4 Å². The highest BCUT2D eigenvalue weighted by Gasteiger charge is 2.34. The fourth-order valence-electron chi connectivity index (χ4n) is 8.08. The second-order valence-electron chi connectivity index (χ2n) is 14.3. The number of nitrogens with zero attached hydrogens (tertiary/aromatic N) is 2. The van der Waals surface area contributed by atoms with E-state index >= 15 is 0 Å². The van der Waals surface area contributed by atoms with Gasteiger partial charge in [0.05, 0.1) is 51.2 Å². The first kappa shape index (κ1) is 36.7. The standard InChI is InChI=1S/C48H42N4O6/c1-55-31-13-5-27(6-14-31)41-35-21-22-36(49-35)42(28-7-15-32(56-2)16-8-28)38-24-26-40(51-38)44(30-11-19-34(58-4)20-12-30)46-48(54)47(53)45(52-46)43(39-25-23-37(41)50-39)29-9-17-33(57-3)18-10-29/h5-20,23-26,47-48,50-51,53-54H,21-22H2,1-4H3/t47-,48+. The van der Waals surface area contributed by atoms with E-state index in [1.807, 2.05) is 121 Å². The SMILES string of the molecule is COc1ccc(-c2c3nc(c(-c4ccc(OC)cc4)c4ccc([nH]4)c(-c4ccc(OC)cc4)c4nc(c(-c5ccc(OC)cc5)c5ccc2[nH]5)[C@@H](O)[C@H]4O)CC3)cc1. The fourth-order valence-corrected chi connectivity index (χ4v) is 8.08. The van der Waals surface area contributed by atoms with Gasteiger partial charge < -0.3 is 39.1 Å². The van der Waals surface area contributed by atoms with Crippen LogP contribution >= 0.6 is 0 Å². The molecule has 0 spiro atoms. The summed E-state index contributed by atoms with van der Waals surface area (Å²) >= 11 is 0. The Balaban J connectivity index is 1.46. The predicted octanol–water partition coefficient (Wildman–Crippen LogP) is 9.57. The van der Waals surface area contributed by atoms with Crippen LogP contribution in [0.1, 0.15) is 35.0 Å². The molecule has 4 aromatic carbocycles. The highest BCUT2D eigenvalue weighted by atomic mass is 16.5. The molecule has 8 bridgehead atoms. The lowest BCUT2D eigenvalue weighted by atomic mass is 9.97. The number of aromatic amines is 2. The van der Waals surface area contributed by atoms with Crippen LogP contribution in [0.25, 0.3) is 66.6 Å². The molecule has 0 unspecified atom stereocenters. The van der Waals surface area contributed by atoms with Crippen molar-refractivity contribution >= 4 is 22.1 Å². The molecule has 10 heteroatoms. The van der Waals surface area contributed by atoms with E-state index in [4.69, 9.17) is 28.9 Å². The first-order chi connectivity index (χ1) is 28.4. The van der Waals surface area contributed by atoms with E-state index in [-0.39, 0.29) is 0 Å². The predicted molar refractivity (Wildman–Crippen MR) is 226 cm³/mol. The van der Waals surface area contributed by atoms with Crippen molar-refractivity contribution in [1.29, 1.82) is 0 Å². The summed E-state index contributed by atoms with van der Waals surface area (Å²) in [4.78, 5) is 18.0. The summed E-state index contributed by atoms with van der Waals surface area (Å²) in [7, 11) is 6.56. The van der Waals surface area contributed by atoms with Gasteiger partial charge in [0, 0.05) is 44.3 Å². The van der Waals surface area contributed by atoms with Crippen molar-refractivity contribution in [2.75, 3.05) is 28.4 Å². The number of ether oxygens (including phenoxy) is 4. The summed E-state index contributed by atoms with van der Waals surface area (Å²) in [6.07, 6.45) is -1.29. The maximum atomic E-state index is 12.1. The molecule has 10 nitrogen and oxygen atoms in total. The maximum absolute atomic E-state index is 12.1. The minimum atomic E-state index is -1.35. The molecule has 5 heterocycles. The number of fused-ring (bicyclic) bond motifs is 8. The molecule has 2 atom stereocenters. The lowest BCUT2D eigenvalue weighted by Gasteiger charge is -2.13. The fraction of sp³-hybridized carbons (Fsp3) is 0.167. The van der Waals surface area contributed by atoms with Crippen molar-refractivity contribution in [1.82, 2.24) is 19.9 Å². The molecule has 2 aliphatic rings. The van der Waals surface area contributed by atoms with Gasteiger partial charge in [-0.3, -0.25) is 9.97 Å². The summed E-state index contributed by atoms with van der Waals surface area (Å²) in [5.41, 5.74) is 12.3. The minimum absolute atomic E-state index is 0.330. The third-order valence-electron chi connectivity index (χ3n) is 11.0. The molecule has 3 aromatic heterocycles. The Bertz CT molecular complexity index is 2600. The van der Waals surface area contributed by atoms with Crippen molar-refractivity contribution in [2.24, 2.45) is 0 Å². The van der Waals surface area contributed by atoms with Crippen LogP contribution in [0, 0.1) is 0 Å². The number of benzene rings is 4. The van der Waals surface area contributed by atoms with Crippen LogP contribution in [0.2, 0.25) is 0 Å². The van der Waals surface area contributed by atoms with E-state index in [0.717, 1.165) is 67.3 Å². The number of aliphatic hydroxyl groups excluding tert-OH is 2. The van der Waals surface area contributed by atoms with Gasteiger partial charge >= 0.3 is 0 Å². The normalized spacial score (nSPS) is 14.9. The summed E-state index contributed by atoms with van der Waals surface area (Å²) in [6.45, 7) is 0. The van der Waals surface area contributed by atoms with Crippen molar-refractivity contribution < 1.29 is 29.2 Å². The van der Waals surface area contributed by atoms with Crippen molar-refractivity contribution in [2.45, 2.75) is 25.0 Å². The molecule has 0 saturated heterocycles. The van der Waals surface area contributed by atoms with E-state index < -0.39 is 12.2 Å². The Morgan fingerprint density at radius 2 is 0.672 bits per heavy atom. The summed E-state index contributed by atoms with van der Waals surface area (Å²) in [5.74, 6) is 2.89. The van der Waals surface area contributed by atoms with Gasteiger partial charge in [-0.15, -0.1) is 0 Å². The molecule has 290 valence electrons. The Kier molecular flexibility index (Phi) is 9.64. The average Bonchev–Trinajstić information content (AvgIpc) is 4.10. The van der Waals surface area contributed by atoms with Crippen LogP contribution in [0.3, 0.4) is 0 Å². The molecular formula is C48H42N4O6. The molecule has 7 aromatic rings. The average molecular weight is 771 g/mol. The Labute approximate surface area is 335 Å². The number of hydrogen-bond donors (Lipinski definition) is 4. The van der Waals surface area contributed by atoms with Crippen LogP contribution in [0.5, 0.6) is 23.0 Å². The lowest BCUT2D eigenvalue weighted by Crippen LogP contribution is -2.05. The Morgan fingerprint density at radius 3 is 0.966 bits per heavy atom. The Hall–Kier alpha value is -6.88. The van der Waals surface area contributed by atoms with Crippen LogP contribution in [-0.2, 0) is 12.8 Å². The van der Waals surface area contributed by atoms with E-state index in [2.05, 4.69) is 9.97 Å². The van der Waals surface area contributed by atoms with Gasteiger partial charge in [0.1, 0.15) is 35.2 Å². The smallest absolute Gasteiger partial charge is 0.128 e. The van der Waals surface area contributed by atoms with Crippen LogP contribution < -0.4 is 18.9 Å². The highest BCUT2D eigenvalue weighted by Crippen LogP contribution is 2.45. The third kappa shape index (κ3) is 6.52. The minimum Gasteiger partial charge on any atom is -0.497 e. The number of aryl methyl sites for hydroxylation is 2. The molecule has 58 heavy (non-hydrogen) atoms. The number of aliphatic hydroxyl groups is 2. The van der Waals surface area contributed by atoms with Gasteiger partial charge in [-0.1, -0.05) is 48.5 Å². The van der Waals surface area contributed by atoms with E-state index in [1.165, 1.54) is 0 Å². The number of H-pyrrole nitrogens is 2. The zero-order valence-corrected chi connectivity index (χ0v) is 32.5. The summed E-state index contributed by atoms with van der Waals surface area (Å²) in [6, 6.07) is 39.3. The second kappa shape index (κ2) is 15.2. The highest BCUT2D eigenvalue weighted by molar-refractivity contribution is 5.92. The van der Waals surface area contributed by atoms with Gasteiger partial charge in [-0.25, -0.2) is 0 Å². The first-order valence-corrected chi connectivity index (χ1v) is 19.1. The van der Waals surface area contributed by atoms with Crippen molar-refractivity contribution in [3.05, 3.63) is 144 Å². The van der Waals surface area contributed by atoms with Crippen LogP contribution in [-0.4, -0.2) is 58.6 Å². The number of aromatic nitrogens is 4. The van der Waals surface area contributed by atoms with Gasteiger partial charge in [-0.05, 0) is 108 Å². The van der Waals surface area contributed by atoms with Crippen LogP contribution in [0.4, 0.5) is 0 Å². The number of hydrogen-bond acceptors (Lipinski definition) is 8. The quantitative estimate of drug-likeness (QED) is 0.120. The van der Waals surface area contributed by atoms with Gasteiger partial charge in [0.25, 0.3) is 0 Å². The molecule has 0 saturated carbocycles. The summed E-state index contributed by atoms with van der Waals surface area (Å²) in [5, 5.41) is 24.1. The molecule has 0 aliphatic carbocycles. The molecule has 4 N–H and O–H groups in total. The first-order valence-electron chi connectivity index (χ1n) is 19.1. The molecular weight excluding hydrogens is 729 g/mol. The van der Waals surface area contributed by atoms with Crippen molar-refractivity contribution in [3.8, 4) is 67.5 Å². The second-order valence-corrected chi connectivity index (χ2v) is 14.3. The van der Waals surface area contributed by atoms with Crippen LogP contribution in [0.15, 0.2) is 121 Å². The topological polar surface area (TPSA) is 135 Å². The Morgan fingerprint density at radius 1 is 0.397 bits per heavy atom. The lowest BCUT2D eigenvalue weighted by molar-refractivity contribution is 0.0260. The number of rotatable bonds is 8. The van der Waals surface area contributed by atoms with Gasteiger partial charge in [0.2, 0.25) is 0 Å². The van der Waals surface area contributed by atoms with E-state index in [0.29, 0.717) is 57.9 Å². The number of methoxy groups -OCH3 is 4. The maximum Gasteiger partial charge on any atom is 0.128 e. The van der Waals surface area contributed by atoms with Gasteiger partial charge in [-0.2, -0.15) is 0 Å². The zero-order valence-electron chi connectivity index (χ0n) is 32.5. The summed E-state index contributed by atoms with van der Waals surface area (Å²) < 4.78 is 22.1. The molecule has 0 radical (unpaired) electrons. The van der Waals surface area contributed by atoms with Gasteiger partial charge in [0.15, 0.2) is 0 Å². The van der Waals surface area contributed by atoms with Crippen molar-refractivity contribution in [3.63, 3.8) is 0 Å². The number of nitrogens with one attached hydrogen (secondary N) is 2. The third-order valence-corrected chi connectivity index (χ3v) is 11.0. The zero-order chi connectivity index (χ0) is 39.9. The molecule has 0 fully saturated rings. The largest absolute Gasteiger partial charge is 0.497 e. The van der Waals surface area contributed by atoms with E-state index in [9.17, 15) is 10.2 Å². The molecule has 9 rings (SSSR count). The molecule has 0 amide bonds. The monoisotopic (exact) mass is 770 g/mol.